The van der Waals surface area contributed by atoms with Crippen LogP contribution in [0.25, 0.3) is 11.1 Å². The van der Waals surface area contributed by atoms with Gasteiger partial charge in [-0.3, -0.25) is 0 Å². The van der Waals surface area contributed by atoms with E-state index in [4.69, 9.17) is 11.6 Å². The molecular weight excluding hydrogens is 228 g/mol. The van der Waals surface area contributed by atoms with Crippen LogP contribution < -0.4 is 0 Å². The third-order valence-electron chi connectivity index (χ3n) is 2.54. The predicted molar refractivity (Wildman–Crippen MR) is 77.6 cm³/mol. The van der Waals surface area contributed by atoms with Gasteiger partial charge in [0.2, 0.25) is 0 Å². The minimum Gasteiger partial charge on any atom is -0.0843 e. The van der Waals surface area contributed by atoms with E-state index in [1.54, 1.807) is 0 Å². The van der Waals surface area contributed by atoms with Gasteiger partial charge >= 0.3 is 0 Å². The van der Waals surface area contributed by atoms with E-state index < -0.39 is 0 Å². The van der Waals surface area contributed by atoms with Gasteiger partial charge in [-0.05, 0) is 35.2 Å². The number of hydrogen-bond donors (Lipinski definition) is 0. The molecule has 0 N–H and O–H groups in total. The van der Waals surface area contributed by atoms with Crippen molar-refractivity contribution in [2.75, 3.05) is 0 Å². The minimum atomic E-state index is 0.781. The molecule has 0 nitrogen and oxygen atoms in total. The van der Waals surface area contributed by atoms with Crippen LogP contribution in [0, 0.1) is 0 Å². The molecule has 0 aliphatic heterocycles. The van der Waals surface area contributed by atoms with Crippen molar-refractivity contribution in [3.63, 3.8) is 0 Å². The monoisotopic (exact) mass is 246 g/mol. The molecule has 17 heavy (non-hydrogen) atoms. The normalized spacial score (nSPS) is 9.41. The van der Waals surface area contributed by atoms with Crippen LogP contribution in [-0.2, 0) is 6.42 Å². The molecule has 2 aromatic rings. The summed E-state index contributed by atoms with van der Waals surface area (Å²) in [4.78, 5) is 0. The van der Waals surface area contributed by atoms with Crippen LogP contribution in [0.5, 0.6) is 0 Å². The molecule has 0 amide bonds. The molecule has 2 rings (SSSR count). The van der Waals surface area contributed by atoms with Crippen LogP contribution in [0.1, 0.15) is 26.3 Å². The van der Waals surface area contributed by atoms with Gasteiger partial charge in [-0.2, -0.15) is 0 Å². The Morgan fingerprint density at radius 1 is 0.765 bits per heavy atom. The quantitative estimate of drug-likeness (QED) is 0.647. The third kappa shape index (κ3) is 3.90. The lowest BCUT2D eigenvalue weighted by Crippen LogP contribution is -1.81. The van der Waals surface area contributed by atoms with E-state index in [1.807, 2.05) is 38.1 Å². The van der Waals surface area contributed by atoms with Crippen molar-refractivity contribution in [3.8, 4) is 11.1 Å². The molecule has 0 aromatic heterocycles. The second-order valence-corrected chi connectivity index (χ2v) is 3.99. The number of aryl methyl sites for hydroxylation is 1. The first kappa shape index (κ1) is 13.8. The first-order valence-corrected chi connectivity index (χ1v) is 6.52. The fraction of sp³-hybridized carbons (Fsp3) is 0.250. The molecule has 1 heteroatoms. The van der Waals surface area contributed by atoms with Crippen LogP contribution >= 0.6 is 11.6 Å². The first-order valence-electron chi connectivity index (χ1n) is 6.14. The number of hydrogen-bond acceptors (Lipinski definition) is 0. The summed E-state index contributed by atoms with van der Waals surface area (Å²) in [5.41, 5.74) is 3.82. The predicted octanol–water partition coefficient (Wildman–Crippen LogP) is 5.60. The van der Waals surface area contributed by atoms with E-state index in [2.05, 4.69) is 31.2 Å². The van der Waals surface area contributed by atoms with Crippen molar-refractivity contribution in [1.82, 2.24) is 0 Å². The third-order valence-corrected chi connectivity index (χ3v) is 2.79. The molecule has 90 valence electrons. The molecule has 0 bridgehead atoms. The van der Waals surface area contributed by atoms with Gasteiger partial charge in [0.1, 0.15) is 0 Å². The Hall–Kier alpha value is -1.27. The molecule has 0 saturated heterocycles. The summed E-state index contributed by atoms with van der Waals surface area (Å²) in [5, 5.41) is 0.781. The smallest absolute Gasteiger partial charge is 0.0406 e. The summed E-state index contributed by atoms with van der Waals surface area (Å²) in [6.07, 6.45) is 1.08. The Kier molecular flexibility index (Phi) is 5.79. The highest BCUT2D eigenvalue weighted by molar-refractivity contribution is 6.30. The molecule has 0 aliphatic carbocycles. The minimum absolute atomic E-state index is 0.781. The van der Waals surface area contributed by atoms with E-state index in [-0.39, 0.29) is 0 Å². The summed E-state index contributed by atoms with van der Waals surface area (Å²) in [7, 11) is 0. The zero-order valence-electron chi connectivity index (χ0n) is 10.7. The molecule has 0 aliphatic rings. The second-order valence-electron chi connectivity index (χ2n) is 3.56. The lowest BCUT2D eigenvalue weighted by molar-refractivity contribution is 1.14. The summed E-state index contributed by atoms with van der Waals surface area (Å²) in [6, 6.07) is 16.6. The topological polar surface area (TPSA) is 0 Å². The highest BCUT2D eigenvalue weighted by atomic mass is 35.5. The average molecular weight is 247 g/mol. The number of halogens is 1. The highest BCUT2D eigenvalue weighted by Crippen LogP contribution is 2.21. The van der Waals surface area contributed by atoms with Crippen molar-refractivity contribution in [2.45, 2.75) is 27.2 Å². The fourth-order valence-corrected chi connectivity index (χ4v) is 1.70. The van der Waals surface area contributed by atoms with E-state index >= 15 is 0 Å². The average Bonchev–Trinajstić information content (AvgIpc) is 2.42. The zero-order valence-corrected chi connectivity index (χ0v) is 11.5. The molecule has 0 atom stereocenters. The first-order chi connectivity index (χ1) is 8.29. The van der Waals surface area contributed by atoms with Crippen molar-refractivity contribution in [2.24, 2.45) is 0 Å². The van der Waals surface area contributed by atoms with Crippen molar-refractivity contribution in [3.05, 3.63) is 59.1 Å². The molecule has 0 radical (unpaired) electrons. The van der Waals surface area contributed by atoms with Gasteiger partial charge < -0.3 is 0 Å². The number of benzene rings is 2. The molecule has 2 aromatic carbocycles. The van der Waals surface area contributed by atoms with E-state index in [0.29, 0.717) is 0 Å². The van der Waals surface area contributed by atoms with Gasteiger partial charge in [-0.1, -0.05) is 68.8 Å². The van der Waals surface area contributed by atoms with Gasteiger partial charge in [0.05, 0.1) is 0 Å². The molecule has 0 spiro atoms. The van der Waals surface area contributed by atoms with Crippen LogP contribution in [0.3, 0.4) is 0 Å². The van der Waals surface area contributed by atoms with Gasteiger partial charge in [-0.15, -0.1) is 0 Å². The lowest BCUT2D eigenvalue weighted by atomic mass is 10.0. The molecule has 0 unspecified atom stereocenters. The van der Waals surface area contributed by atoms with E-state index in [9.17, 15) is 0 Å². The summed E-state index contributed by atoms with van der Waals surface area (Å²) in [6.45, 7) is 6.16. The summed E-state index contributed by atoms with van der Waals surface area (Å²) < 4.78 is 0. The maximum absolute atomic E-state index is 5.85. The van der Waals surface area contributed by atoms with Gasteiger partial charge in [-0.25, -0.2) is 0 Å². The van der Waals surface area contributed by atoms with Crippen molar-refractivity contribution in [1.29, 1.82) is 0 Å². The zero-order chi connectivity index (χ0) is 12.7. The molecule has 0 saturated carbocycles. The Balaban J connectivity index is 0.000000686. The van der Waals surface area contributed by atoms with Crippen LogP contribution in [0.4, 0.5) is 0 Å². The highest BCUT2D eigenvalue weighted by Gasteiger charge is 1.97. The molecule has 0 fully saturated rings. The Labute approximate surface area is 109 Å². The van der Waals surface area contributed by atoms with Crippen LogP contribution in [-0.4, -0.2) is 0 Å². The standard InChI is InChI=1S/C14H13Cl.C2H6/c1-2-11-3-5-12(6-4-11)13-7-9-14(15)10-8-13;1-2/h3-10H,2H2,1H3;1-2H3. The summed E-state index contributed by atoms with van der Waals surface area (Å²) >= 11 is 5.85. The van der Waals surface area contributed by atoms with Crippen molar-refractivity contribution >= 4 is 11.6 Å². The fourth-order valence-electron chi connectivity index (χ4n) is 1.58. The van der Waals surface area contributed by atoms with Gasteiger partial charge in [0.15, 0.2) is 0 Å². The Morgan fingerprint density at radius 3 is 1.59 bits per heavy atom. The van der Waals surface area contributed by atoms with Crippen molar-refractivity contribution < 1.29 is 0 Å². The maximum atomic E-state index is 5.85. The van der Waals surface area contributed by atoms with Gasteiger partial charge in [0, 0.05) is 5.02 Å². The second kappa shape index (κ2) is 7.13. The SMILES string of the molecule is CC.CCc1ccc(-c2ccc(Cl)cc2)cc1. The van der Waals surface area contributed by atoms with Gasteiger partial charge in [0.25, 0.3) is 0 Å². The molecular formula is C16H19Cl. The lowest BCUT2D eigenvalue weighted by Gasteiger charge is -2.03. The van der Waals surface area contributed by atoms with E-state index in [0.717, 1.165) is 11.4 Å². The Bertz CT molecular complexity index is 426. The molecule has 0 heterocycles. The Morgan fingerprint density at radius 2 is 1.18 bits per heavy atom. The largest absolute Gasteiger partial charge is 0.0843 e. The van der Waals surface area contributed by atoms with Crippen LogP contribution in [0.2, 0.25) is 5.02 Å². The maximum Gasteiger partial charge on any atom is 0.0406 e. The summed E-state index contributed by atoms with van der Waals surface area (Å²) in [5.74, 6) is 0. The van der Waals surface area contributed by atoms with E-state index in [1.165, 1.54) is 16.7 Å². The van der Waals surface area contributed by atoms with Crippen LogP contribution in [0.15, 0.2) is 48.5 Å². The number of rotatable bonds is 2.